The van der Waals surface area contributed by atoms with E-state index in [4.69, 9.17) is 10.2 Å². The van der Waals surface area contributed by atoms with Gasteiger partial charge in [-0.05, 0) is 35.6 Å². The van der Waals surface area contributed by atoms with Crippen LogP contribution in [0.5, 0.6) is 0 Å². The Morgan fingerprint density at radius 2 is 2.38 bits per heavy atom. The van der Waals surface area contributed by atoms with Crippen LogP contribution in [0.4, 0.5) is 0 Å². The summed E-state index contributed by atoms with van der Waals surface area (Å²) in [6.07, 6.45) is 1.67. The summed E-state index contributed by atoms with van der Waals surface area (Å²) in [7, 11) is 2.03. The molecule has 4 heteroatoms. The lowest BCUT2D eigenvalue weighted by atomic mass is 10.2. The van der Waals surface area contributed by atoms with E-state index in [1.165, 1.54) is 0 Å². The van der Waals surface area contributed by atoms with Crippen LogP contribution < -0.4 is 5.73 Å². The van der Waals surface area contributed by atoms with E-state index in [9.17, 15) is 0 Å². The Hall–Kier alpha value is -0.320. The Labute approximate surface area is 87.0 Å². The molecule has 0 aliphatic carbocycles. The summed E-state index contributed by atoms with van der Waals surface area (Å²) in [6.45, 7) is 3.62. The molecule has 0 fully saturated rings. The summed E-state index contributed by atoms with van der Waals surface area (Å²) < 4.78 is 6.36. The molecular weight excluding hydrogens is 232 g/mol. The Balaban J connectivity index is 2.84. The zero-order valence-corrected chi connectivity index (χ0v) is 9.54. The summed E-state index contributed by atoms with van der Waals surface area (Å²) >= 11 is 3.43. The van der Waals surface area contributed by atoms with Crippen molar-refractivity contribution in [2.75, 3.05) is 20.1 Å². The van der Waals surface area contributed by atoms with Crippen LogP contribution in [0.2, 0.25) is 0 Å². The van der Waals surface area contributed by atoms with Crippen LogP contribution >= 0.6 is 15.9 Å². The Morgan fingerprint density at radius 3 is 2.77 bits per heavy atom. The van der Waals surface area contributed by atoms with Crippen LogP contribution in [-0.2, 0) is 0 Å². The molecule has 0 aliphatic heterocycles. The van der Waals surface area contributed by atoms with Crippen molar-refractivity contribution < 1.29 is 4.42 Å². The fraction of sp³-hybridized carbons (Fsp3) is 0.556. The Bertz CT molecular complexity index is 262. The lowest BCUT2D eigenvalue weighted by molar-refractivity contribution is 0.230. The molecule has 1 rings (SSSR count). The van der Waals surface area contributed by atoms with Gasteiger partial charge in [-0.2, -0.15) is 0 Å². The average molecular weight is 247 g/mol. The molecule has 0 saturated carbocycles. The lowest BCUT2D eigenvalue weighted by Crippen LogP contribution is -2.30. The SMILES string of the molecule is CCN(C)C(CN)c1occc1Br. The minimum Gasteiger partial charge on any atom is -0.466 e. The predicted octanol–water partition coefficient (Wildman–Crippen LogP) is 1.99. The largest absolute Gasteiger partial charge is 0.466 e. The maximum absolute atomic E-state index is 5.69. The van der Waals surface area contributed by atoms with Crippen molar-refractivity contribution >= 4 is 15.9 Å². The number of nitrogens with zero attached hydrogens (tertiary/aromatic N) is 1. The molecule has 1 unspecified atom stereocenters. The highest BCUT2D eigenvalue weighted by Crippen LogP contribution is 2.27. The molecule has 13 heavy (non-hydrogen) atoms. The molecule has 2 N–H and O–H groups in total. The smallest absolute Gasteiger partial charge is 0.136 e. The van der Waals surface area contributed by atoms with E-state index in [0.717, 1.165) is 16.8 Å². The first-order chi connectivity index (χ1) is 6.20. The third-order valence-electron chi connectivity index (χ3n) is 2.20. The van der Waals surface area contributed by atoms with Gasteiger partial charge >= 0.3 is 0 Å². The molecule has 0 amide bonds. The van der Waals surface area contributed by atoms with Crippen LogP contribution in [0.3, 0.4) is 0 Å². The van der Waals surface area contributed by atoms with E-state index in [-0.39, 0.29) is 6.04 Å². The van der Waals surface area contributed by atoms with Crippen molar-refractivity contribution in [3.63, 3.8) is 0 Å². The molecule has 0 spiro atoms. The molecule has 74 valence electrons. The maximum atomic E-state index is 5.69. The van der Waals surface area contributed by atoms with Crippen molar-refractivity contribution in [2.45, 2.75) is 13.0 Å². The van der Waals surface area contributed by atoms with Crippen molar-refractivity contribution in [1.29, 1.82) is 0 Å². The van der Waals surface area contributed by atoms with E-state index in [0.29, 0.717) is 6.54 Å². The quantitative estimate of drug-likeness (QED) is 0.884. The number of hydrogen-bond donors (Lipinski definition) is 1. The highest BCUT2D eigenvalue weighted by Gasteiger charge is 2.19. The second-order valence-corrected chi connectivity index (χ2v) is 3.81. The molecule has 1 aromatic heterocycles. The molecule has 1 aromatic rings. The molecule has 0 radical (unpaired) electrons. The molecule has 0 aromatic carbocycles. The van der Waals surface area contributed by atoms with Gasteiger partial charge in [0.25, 0.3) is 0 Å². The van der Waals surface area contributed by atoms with Gasteiger partial charge in [0.2, 0.25) is 0 Å². The zero-order chi connectivity index (χ0) is 9.84. The Morgan fingerprint density at radius 1 is 1.69 bits per heavy atom. The number of likely N-dealkylation sites (N-methyl/N-ethyl adjacent to an activating group) is 1. The van der Waals surface area contributed by atoms with Gasteiger partial charge in [-0.1, -0.05) is 6.92 Å². The number of halogens is 1. The van der Waals surface area contributed by atoms with Gasteiger partial charge in [-0.25, -0.2) is 0 Å². The van der Waals surface area contributed by atoms with Crippen LogP contribution in [0.15, 0.2) is 21.2 Å². The van der Waals surface area contributed by atoms with Gasteiger partial charge in [0, 0.05) is 6.54 Å². The van der Waals surface area contributed by atoms with Crippen molar-refractivity contribution in [2.24, 2.45) is 5.73 Å². The second-order valence-electron chi connectivity index (χ2n) is 2.96. The first-order valence-electron chi connectivity index (χ1n) is 4.33. The zero-order valence-electron chi connectivity index (χ0n) is 7.96. The van der Waals surface area contributed by atoms with E-state index >= 15 is 0 Å². The van der Waals surface area contributed by atoms with Crippen LogP contribution in [0.1, 0.15) is 18.7 Å². The van der Waals surface area contributed by atoms with Gasteiger partial charge in [0.1, 0.15) is 5.76 Å². The summed E-state index contributed by atoms with van der Waals surface area (Å²) in [5, 5.41) is 0. The normalized spacial score (nSPS) is 13.6. The molecule has 1 heterocycles. The minimum atomic E-state index is 0.161. The van der Waals surface area contributed by atoms with E-state index in [1.807, 2.05) is 13.1 Å². The van der Waals surface area contributed by atoms with Crippen molar-refractivity contribution in [1.82, 2.24) is 4.90 Å². The third-order valence-corrected chi connectivity index (χ3v) is 2.86. The van der Waals surface area contributed by atoms with Gasteiger partial charge < -0.3 is 10.2 Å². The molecule has 1 atom stereocenters. The molecule has 0 aliphatic rings. The van der Waals surface area contributed by atoms with Crippen LogP contribution in [-0.4, -0.2) is 25.0 Å². The van der Waals surface area contributed by atoms with E-state index in [2.05, 4.69) is 27.8 Å². The number of hydrogen-bond acceptors (Lipinski definition) is 3. The molecule has 3 nitrogen and oxygen atoms in total. The lowest BCUT2D eigenvalue weighted by Gasteiger charge is -2.23. The van der Waals surface area contributed by atoms with Crippen molar-refractivity contribution in [3.8, 4) is 0 Å². The van der Waals surface area contributed by atoms with Crippen LogP contribution in [0, 0.1) is 0 Å². The monoisotopic (exact) mass is 246 g/mol. The standard InChI is InChI=1S/C9H15BrN2O/c1-3-12(2)8(6-11)9-7(10)4-5-13-9/h4-5,8H,3,6,11H2,1-2H3. The second kappa shape index (κ2) is 4.79. The van der Waals surface area contributed by atoms with Crippen LogP contribution in [0.25, 0.3) is 0 Å². The maximum Gasteiger partial charge on any atom is 0.136 e. The molecular formula is C9H15BrN2O. The first-order valence-corrected chi connectivity index (χ1v) is 5.13. The number of furan rings is 1. The summed E-state index contributed by atoms with van der Waals surface area (Å²) in [5.41, 5.74) is 5.69. The van der Waals surface area contributed by atoms with Gasteiger partial charge in [-0.3, -0.25) is 4.90 Å². The Kier molecular flexibility index (Phi) is 3.96. The predicted molar refractivity (Wildman–Crippen MR) is 56.5 cm³/mol. The van der Waals surface area contributed by atoms with Gasteiger partial charge in [-0.15, -0.1) is 0 Å². The molecule has 0 saturated heterocycles. The number of rotatable bonds is 4. The van der Waals surface area contributed by atoms with Gasteiger partial charge in [0.05, 0.1) is 16.8 Å². The third kappa shape index (κ3) is 2.33. The first kappa shape index (κ1) is 10.8. The average Bonchev–Trinajstić information content (AvgIpc) is 2.53. The van der Waals surface area contributed by atoms with E-state index < -0.39 is 0 Å². The van der Waals surface area contributed by atoms with Crippen molar-refractivity contribution in [3.05, 3.63) is 22.6 Å². The topological polar surface area (TPSA) is 42.4 Å². The summed E-state index contributed by atoms with van der Waals surface area (Å²) in [6, 6.07) is 2.05. The fourth-order valence-corrected chi connectivity index (χ4v) is 1.72. The fourth-order valence-electron chi connectivity index (χ4n) is 1.25. The highest BCUT2D eigenvalue weighted by atomic mass is 79.9. The number of nitrogens with two attached hydrogens (primary N) is 1. The summed E-state index contributed by atoms with van der Waals surface area (Å²) in [5.74, 6) is 0.909. The highest BCUT2D eigenvalue weighted by molar-refractivity contribution is 9.10. The van der Waals surface area contributed by atoms with E-state index in [1.54, 1.807) is 6.26 Å². The molecule has 0 bridgehead atoms. The van der Waals surface area contributed by atoms with Gasteiger partial charge in [0.15, 0.2) is 0 Å². The minimum absolute atomic E-state index is 0.161. The summed E-state index contributed by atoms with van der Waals surface area (Å²) in [4.78, 5) is 2.16.